The van der Waals surface area contributed by atoms with Crippen LogP contribution in [0.25, 0.3) is 0 Å². The summed E-state index contributed by atoms with van der Waals surface area (Å²) in [6.45, 7) is 2.42. The largest absolute Gasteiger partial charge is 0.450 e. The minimum absolute atomic E-state index is 0.00331. The Morgan fingerprint density at radius 2 is 2.08 bits per heavy atom. The second-order valence-corrected chi connectivity index (χ2v) is 2.81. The van der Waals surface area contributed by atoms with Crippen molar-refractivity contribution in [1.29, 1.82) is 0 Å². The summed E-state index contributed by atoms with van der Waals surface area (Å²) in [4.78, 5) is 23.1. The van der Waals surface area contributed by atoms with Crippen molar-refractivity contribution >= 4 is 23.5 Å². The zero-order chi connectivity index (χ0) is 10.3. The number of hydrogen-bond acceptors (Lipinski definition) is 3. The van der Waals surface area contributed by atoms with Crippen molar-refractivity contribution < 1.29 is 14.3 Å². The number of alkyl halides is 1. The molecule has 0 spiro atoms. The van der Waals surface area contributed by atoms with Gasteiger partial charge in [-0.1, -0.05) is 0 Å². The molecular weight excluding hydrogens is 194 g/mol. The quantitative estimate of drug-likeness (QED) is 0.638. The first-order chi connectivity index (χ1) is 6.11. The van der Waals surface area contributed by atoms with Crippen molar-refractivity contribution in [2.75, 3.05) is 26.1 Å². The molecule has 0 heterocycles. The van der Waals surface area contributed by atoms with Gasteiger partial charge >= 0.3 is 6.09 Å². The van der Waals surface area contributed by atoms with Crippen LogP contribution in [0.3, 0.4) is 0 Å². The van der Waals surface area contributed by atoms with Gasteiger partial charge in [0.15, 0.2) is 0 Å². The molecule has 0 rings (SSSR count). The van der Waals surface area contributed by atoms with Gasteiger partial charge in [-0.2, -0.15) is 0 Å². The van der Waals surface area contributed by atoms with Crippen molar-refractivity contribution in [2.45, 2.75) is 13.3 Å². The summed E-state index contributed by atoms with van der Waals surface area (Å²) in [7, 11) is 1.58. The molecule has 0 saturated carbocycles. The Labute approximate surface area is 82.8 Å². The molecule has 0 radical (unpaired) electrons. The molecule has 0 aromatic heterocycles. The summed E-state index contributed by atoms with van der Waals surface area (Å²) in [5.41, 5.74) is 0. The number of amides is 1. The summed E-state index contributed by atoms with van der Waals surface area (Å²) in [6, 6.07) is 0. The van der Waals surface area contributed by atoms with Crippen molar-refractivity contribution in [3.8, 4) is 0 Å². The number of Topliss-reactive ketones (excluding diaryl/α,β-unsaturated/α-hetero) is 1. The maximum absolute atomic E-state index is 11.0. The highest BCUT2D eigenvalue weighted by atomic mass is 35.5. The van der Waals surface area contributed by atoms with Crippen LogP contribution in [-0.4, -0.2) is 42.9 Å². The van der Waals surface area contributed by atoms with Gasteiger partial charge < -0.3 is 9.64 Å². The van der Waals surface area contributed by atoms with Gasteiger partial charge in [0.1, 0.15) is 5.78 Å². The molecule has 1 amide bonds. The Morgan fingerprint density at radius 1 is 1.46 bits per heavy atom. The number of carbonyl (C=O) groups excluding carboxylic acids is 2. The first kappa shape index (κ1) is 12.2. The van der Waals surface area contributed by atoms with Crippen molar-refractivity contribution in [1.82, 2.24) is 4.90 Å². The topological polar surface area (TPSA) is 46.6 Å². The van der Waals surface area contributed by atoms with Crippen LogP contribution in [0.4, 0.5) is 4.79 Å². The number of ether oxygens (including phenoxy) is 1. The summed E-state index contributed by atoms with van der Waals surface area (Å²) >= 11 is 5.29. The average Bonchev–Trinajstić information content (AvgIpc) is 2.13. The predicted molar refractivity (Wildman–Crippen MR) is 50.0 cm³/mol. The van der Waals surface area contributed by atoms with Gasteiger partial charge in [0, 0.05) is 20.0 Å². The molecule has 0 saturated heterocycles. The number of ketones is 1. The SMILES string of the molecule is CCOC(=O)N(C)CCC(=O)CCl. The second-order valence-electron chi connectivity index (χ2n) is 2.54. The zero-order valence-corrected chi connectivity index (χ0v) is 8.63. The number of halogens is 1. The van der Waals surface area contributed by atoms with Gasteiger partial charge in [0.05, 0.1) is 12.5 Å². The maximum atomic E-state index is 11.0. The standard InChI is InChI=1S/C8H14ClNO3/c1-3-13-8(12)10(2)5-4-7(11)6-9/h3-6H2,1-2H3. The van der Waals surface area contributed by atoms with Gasteiger partial charge in [-0.25, -0.2) is 4.79 Å². The minimum atomic E-state index is -0.412. The summed E-state index contributed by atoms with van der Waals surface area (Å²) in [6.07, 6.45) is -0.136. The fourth-order valence-corrected chi connectivity index (χ4v) is 0.818. The van der Waals surface area contributed by atoms with Crippen LogP contribution >= 0.6 is 11.6 Å². The second kappa shape index (κ2) is 6.71. The fraction of sp³-hybridized carbons (Fsp3) is 0.750. The Kier molecular flexibility index (Phi) is 6.32. The van der Waals surface area contributed by atoms with E-state index in [1.807, 2.05) is 0 Å². The van der Waals surface area contributed by atoms with Crippen LogP contribution in [0, 0.1) is 0 Å². The van der Waals surface area contributed by atoms with E-state index in [-0.39, 0.29) is 18.1 Å². The summed E-state index contributed by atoms with van der Waals surface area (Å²) < 4.78 is 4.71. The van der Waals surface area contributed by atoms with Gasteiger partial charge in [-0.05, 0) is 6.92 Å². The third kappa shape index (κ3) is 5.47. The summed E-state index contributed by atoms with van der Waals surface area (Å²) in [5.74, 6) is -0.0748. The highest BCUT2D eigenvalue weighted by Gasteiger charge is 2.10. The number of hydrogen-bond donors (Lipinski definition) is 0. The molecule has 0 bridgehead atoms. The lowest BCUT2D eigenvalue weighted by Crippen LogP contribution is -2.29. The molecule has 13 heavy (non-hydrogen) atoms. The molecule has 0 aliphatic rings. The van der Waals surface area contributed by atoms with Gasteiger partial charge in [-0.3, -0.25) is 4.79 Å². The van der Waals surface area contributed by atoms with Crippen molar-refractivity contribution in [2.24, 2.45) is 0 Å². The molecule has 0 N–H and O–H groups in total. The first-order valence-electron chi connectivity index (χ1n) is 4.07. The van der Waals surface area contributed by atoms with Crippen LogP contribution in [0.15, 0.2) is 0 Å². The number of rotatable bonds is 5. The monoisotopic (exact) mass is 207 g/mol. The Hall–Kier alpha value is -0.770. The van der Waals surface area contributed by atoms with E-state index in [0.29, 0.717) is 13.2 Å². The highest BCUT2D eigenvalue weighted by Crippen LogP contribution is 1.94. The summed E-state index contributed by atoms with van der Waals surface area (Å²) in [5, 5.41) is 0. The van der Waals surface area contributed by atoms with Gasteiger partial charge in [0.25, 0.3) is 0 Å². The lowest BCUT2D eigenvalue weighted by atomic mass is 10.3. The zero-order valence-electron chi connectivity index (χ0n) is 7.88. The molecular formula is C8H14ClNO3. The van der Waals surface area contributed by atoms with Crippen LogP contribution in [0.1, 0.15) is 13.3 Å². The van der Waals surface area contributed by atoms with E-state index < -0.39 is 6.09 Å². The molecule has 0 atom stereocenters. The Morgan fingerprint density at radius 3 is 2.54 bits per heavy atom. The van der Waals surface area contributed by atoms with Crippen molar-refractivity contribution in [3.63, 3.8) is 0 Å². The molecule has 0 aromatic rings. The Bertz CT molecular complexity index is 184. The lowest BCUT2D eigenvalue weighted by Gasteiger charge is -2.15. The maximum Gasteiger partial charge on any atom is 0.409 e. The third-order valence-electron chi connectivity index (χ3n) is 1.45. The number of nitrogens with zero attached hydrogens (tertiary/aromatic N) is 1. The average molecular weight is 208 g/mol. The van der Waals surface area contributed by atoms with E-state index in [0.717, 1.165) is 0 Å². The van der Waals surface area contributed by atoms with Crippen molar-refractivity contribution in [3.05, 3.63) is 0 Å². The highest BCUT2D eigenvalue weighted by molar-refractivity contribution is 6.27. The molecule has 0 unspecified atom stereocenters. The van der Waals surface area contributed by atoms with Gasteiger partial charge in [-0.15, -0.1) is 11.6 Å². The van der Waals surface area contributed by atoms with Crippen LogP contribution in [-0.2, 0) is 9.53 Å². The molecule has 0 aliphatic heterocycles. The molecule has 0 aliphatic carbocycles. The van der Waals surface area contributed by atoms with E-state index in [4.69, 9.17) is 16.3 Å². The minimum Gasteiger partial charge on any atom is -0.450 e. The Balaban J connectivity index is 3.67. The lowest BCUT2D eigenvalue weighted by molar-refractivity contribution is -0.116. The van der Waals surface area contributed by atoms with E-state index in [2.05, 4.69) is 0 Å². The molecule has 5 heteroatoms. The van der Waals surface area contributed by atoms with E-state index in [9.17, 15) is 9.59 Å². The fourth-order valence-electron chi connectivity index (χ4n) is 0.684. The van der Waals surface area contributed by atoms with Crippen LogP contribution in [0.2, 0.25) is 0 Å². The molecule has 76 valence electrons. The first-order valence-corrected chi connectivity index (χ1v) is 4.60. The van der Waals surface area contributed by atoms with Crippen LogP contribution in [0.5, 0.6) is 0 Å². The van der Waals surface area contributed by atoms with Crippen LogP contribution < -0.4 is 0 Å². The molecule has 0 fully saturated rings. The molecule has 0 aromatic carbocycles. The smallest absolute Gasteiger partial charge is 0.409 e. The molecule has 4 nitrogen and oxygen atoms in total. The van der Waals surface area contributed by atoms with Gasteiger partial charge in [0.2, 0.25) is 0 Å². The van der Waals surface area contributed by atoms with E-state index in [1.54, 1.807) is 14.0 Å². The van der Waals surface area contributed by atoms with E-state index >= 15 is 0 Å². The normalized spacial score (nSPS) is 9.46. The van der Waals surface area contributed by atoms with E-state index in [1.165, 1.54) is 4.90 Å². The predicted octanol–water partition coefficient (Wildman–Crippen LogP) is 1.27. The number of carbonyl (C=O) groups is 2. The third-order valence-corrected chi connectivity index (χ3v) is 1.75.